The third-order valence-corrected chi connectivity index (χ3v) is 4.80. The van der Waals surface area contributed by atoms with Gasteiger partial charge in [-0.15, -0.1) is 0 Å². The molecule has 0 atom stereocenters. The number of benzene rings is 1. The van der Waals surface area contributed by atoms with Crippen molar-refractivity contribution in [2.45, 2.75) is 39.3 Å². The number of halogens is 2. The van der Waals surface area contributed by atoms with E-state index < -0.39 is 19.7 Å². The summed E-state index contributed by atoms with van der Waals surface area (Å²) >= 11 is 0. The van der Waals surface area contributed by atoms with Gasteiger partial charge in [-0.2, -0.15) is 0 Å². The van der Waals surface area contributed by atoms with Gasteiger partial charge >= 0.3 is 0 Å². The molecule has 0 radical (unpaired) electrons. The molecule has 2 rings (SSSR count). The Labute approximate surface area is 120 Å². The summed E-state index contributed by atoms with van der Waals surface area (Å²) in [6.45, 7) is 9.22. The average Bonchev–Trinajstić information content (AvgIpc) is 2.68. The number of aryl methyl sites for hydroxylation is 1. The number of aromatic nitrogens is 2. The molecule has 0 aliphatic heterocycles. The predicted octanol–water partition coefficient (Wildman–Crippen LogP) is 3.94. The van der Waals surface area contributed by atoms with Crippen LogP contribution in [0.2, 0.25) is 25.7 Å². The molecule has 110 valence electrons. The standard InChI is InChI=1S/C14H20F2N2OSi/c1-10-17-13-8-11(15)7-12(16)14(13)18(10)9-19-5-6-20(2,3)4/h7-8H,5-6,9H2,1-4H3/i8D. The fourth-order valence-corrected chi connectivity index (χ4v) is 2.67. The van der Waals surface area contributed by atoms with Gasteiger partial charge in [0.2, 0.25) is 0 Å². The second kappa shape index (κ2) is 5.61. The molecular formula is C14H20F2N2OSi. The first kappa shape index (κ1) is 13.7. The Bertz CT molecular complexity index is 667. The molecule has 0 aliphatic rings. The average molecular weight is 299 g/mol. The maximum Gasteiger partial charge on any atom is 0.152 e. The van der Waals surface area contributed by atoms with E-state index in [1.807, 2.05) is 0 Å². The van der Waals surface area contributed by atoms with Gasteiger partial charge in [-0.3, -0.25) is 0 Å². The van der Waals surface area contributed by atoms with Crippen molar-refractivity contribution in [2.24, 2.45) is 0 Å². The molecule has 0 aliphatic carbocycles. The zero-order valence-electron chi connectivity index (χ0n) is 13.3. The molecule has 1 aromatic heterocycles. The van der Waals surface area contributed by atoms with E-state index >= 15 is 0 Å². The number of hydrogen-bond donors (Lipinski definition) is 0. The largest absolute Gasteiger partial charge is 0.361 e. The van der Waals surface area contributed by atoms with E-state index in [0.29, 0.717) is 12.4 Å². The van der Waals surface area contributed by atoms with E-state index in [2.05, 4.69) is 24.6 Å². The van der Waals surface area contributed by atoms with Gasteiger partial charge < -0.3 is 9.30 Å². The van der Waals surface area contributed by atoms with E-state index in [1.165, 1.54) is 0 Å². The Morgan fingerprint density at radius 2 is 2.10 bits per heavy atom. The SMILES string of the molecule is [2H]c1c(F)cc(F)c2c1nc(C)n2COCC[Si](C)(C)C. The van der Waals surface area contributed by atoms with E-state index in [1.54, 1.807) is 11.5 Å². The van der Waals surface area contributed by atoms with Gasteiger partial charge in [0.05, 0.1) is 6.89 Å². The monoisotopic (exact) mass is 299 g/mol. The van der Waals surface area contributed by atoms with Crippen LogP contribution >= 0.6 is 0 Å². The first-order valence-corrected chi connectivity index (χ1v) is 10.3. The number of nitrogens with zero attached hydrogens (tertiary/aromatic N) is 2. The fraction of sp³-hybridized carbons (Fsp3) is 0.500. The van der Waals surface area contributed by atoms with Crippen LogP contribution in [0.1, 0.15) is 7.20 Å². The summed E-state index contributed by atoms with van der Waals surface area (Å²) in [5.74, 6) is -1.10. The second-order valence-electron chi connectivity index (χ2n) is 6.10. The summed E-state index contributed by atoms with van der Waals surface area (Å²) in [5.41, 5.74) is 0.172. The highest BCUT2D eigenvalue weighted by Crippen LogP contribution is 2.21. The summed E-state index contributed by atoms with van der Waals surface area (Å²) in [6, 6.07) is 1.36. The smallest absolute Gasteiger partial charge is 0.152 e. The molecule has 0 bridgehead atoms. The van der Waals surface area contributed by atoms with Crippen molar-refractivity contribution >= 4 is 19.1 Å². The predicted molar refractivity (Wildman–Crippen MR) is 78.5 cm³/mol. The minimum absolute atomic E-state index is 0.0406. The Kier molecular flexibility index (Phi) is 3.84. The van der Waals surface area contributed by atoms with Crippen molar-refractivity contribution in [1.29, 1.82) is 0 Å². The summed E-state index contributed by atoms with van der Waals surface area (Å²) in [6.07, 6.45) is 0. The van der Waals surface area contributed by atoms with Gasteiger partial charge in [-0.05, 0) is 13.0 Å². The summed E-state index contributed by atoms with van der Waals surface area (Å²) < 4.78 is 42.1. The molecule has 2 aromatic rings. The quantitative estimate of drug-likeness (QED) is 0.618. The van der Waals surface area contributed by atoms with Crippen LogP contribution in [0.5, 0.6) is 0 Å². The zero-order valence-corrected chi connectivity index (χ0v) is 13.3. The molecule has 6 heteroatoms. The van der Waals surface area contributed by atoms with Gasteiger partial charge in [-0.1, -0.05) is 19.6 Å². The maximum absolute atomic E-state index is 14.0. The molecule has 0 amide bonds. The molecule has 0 fully saturated rings. The highest BCUT2D eigenvalue weighted by atomic mass is 28.3. The van der Waals surface area contributed by atoms with Crippen LogP contribution < -0.4 is 0 Å². The van der Waals surface area contributed by atoms with Crippen LogP contribution in [0.3, 0.4) is 0 Å². The molecule has 1 heterocycles. The maximum atomic E-state index is 14.0. The fourth-order valence-electron chi connectivity index (χ4n) is 1.91. The highest BCUT2D eigenvalue weighted by molar-refractivity contribution is 6.76. The van der Waals surface area contributed by atoms with Gasteiger partial charge in [0.25, 0.3) is 0 Å². The third kappa shape index (κ3) is 3.43. The van der Waals surface area contributed by atoms with E-state index in [-0.39, 0.29) is 23.8 Å². The number of hydrogen-bond acceptors (Lipinski definition) is 2. The normalized spacial score (nSPS) is 13.0. The van der Waals surface area contributed by atoms with Gasteiger partial charge in [-0.25, -0.2) is 13.8 Å². The molecule has 1 aromatic carbocycles. The number of rotatable bonds is 5. The van der Waals surface area contributed by atoms with Crippen LogP contribution in [-0.4, -0.2) is 24.2 Å². The summed E-state index contributed by atoms with van der Waals surface area (Å²) in [4.78, 5) is 4.09. The lowest BCUT2D eigenvalue weighted by molar-refractivity contribution is 0.0881. The molecule has 20 heavy (non-hydrogen) atoms. The molecule has 0 saturated carbocycles. The minimum Gasteiger partial charge on any atom is -0.361 e. The second-order valence-corrected chi connectivity index (χ2v) is 11.7. The van der Waals surface area contributed by atoms with E-state index in [9.17, 15) is 8.78 Å². The first-order chi connectivity index (χ1) is 9.70. The highest BCUT2D eigenvalue weighted by Gasteiger charge is 2.15. The molecule has 0 saturated heterocycles. The van der Waals surface area contributed by atoms with Crippen LogP contribution in [0, 0.1) is 18.6 Å². The molecular weight excluding hydrogens is 278 g/mol. The number of imidazole rings is 1. The Hall–Kier alpha value is -1.27. The third-order valence-electron chi connectivity index (χ3n) is 3.09. The number of ether oxygens (including phenoxy) is 1. The van der Waals surface area contributed by atoms with Crippen molar-refractivity contribution < 1.29 is 14.9 Å². The zero-order chi connectivity index (χ0) is 15.8. The van der Waals surface area contributed by atoms with Crippen LogP contribution in [-0.2, 0) is 11.5 Å². The van der Waals surface area contributed by atoms with E-state index in [0.717, 1.165) is 12.1 Å². The number of fused-ring (bicyclic) bond motifs is 1. The van der Waals surface area contributed by atoms with Crippen molar-refractivity contribution in [3.8, 4) is 0 Å². The van der Waals surface area contributed by atoms with Crippen LogP contribution in [0.4, 0.5) is 8.78 Å². The lowest BCUT2D eigenvalue weighted by atomic mass is 10.3. The first-order valence-electron chi connectivity index (χ1n) is 7.10. The summed E-state index contributed by atoms with van der Waals surface area (Å²) in [7, 11) is -1.18. The van der Waals surface area contributed by atoms with Crippen molar-refractivity contribution in [3.63, 3.8) is 0 Å². The lowest BCUT2D eigenvalue weighted by Crippen LogP contribution is -2.22. The van der Waals surface area contributed by atoms with Crippen molar-refractivity contribution in [3.05, 3.63) is 29.6 Å². The lowest BCUT2D eigenvalue weighted by Gasteiger charge is -2.16. The molecule has 0 N–H and O–H groups in total. The van der Waals surface area contributed by atoms with Crippen molar-refractivity contribution in [1.82, 2.24) is 9.55 Å². The Balaban J connectivity index is 2.24. The van der Waals surface area contributed by atoms with Gasteiger partial charge in [0.15, 0.2) is 5.82 Å². The van der Waals surface area contributed by atoms with Crippen LogP contribution in [0.15, 0.2) is 12.1 Å². The Morgan fingerprint density at radius 3 is 2.75 bits per heavy atom. The minimum atomic E-state index is -1.18. The Morgan fingerprint density at radius 1 is 1.40 bits per heavy atom. The van der Waals surface area contributed by atoms with Gasteiger partial charge in [0.1, 0.15) is 23.9 Å². The topological polar surface area (TPSA) is 27.1 Å². The van der Waals surface area contributed by atoms with E-state index in [4.69, 9.17) is 6.11 Å². The summed E-state index contributed by atoms with van der Waals surface area (Å²) in [5, 5.41) is 0. The van der Waals surface area contributed by atoms with Crippen LogP contribution in [0.25, 0.3) is 11.0 Å². The van der Waals surface area contributed by atoms with Crippen molar-refractivity contribution in [2.75, 3.05) is 6.61 Å². The molecule has 0 spiro atoms. The molecule has 3 nitrogen and oxygen atoms in total. The molecule has 0 unspecified atom stereocenters. The van der Waals surface area contributed by atoms with Gasteiger partial charge in [0, 0.05) is 26.8 Å².